The van der Waals surface area contributed by atoms with Crippen LogP contribution in [-0.2, 0) is 4.74 Å². The number of methoxy groups -OCH3 is 1. The Labute approximate surface area is 157 Å². The quantitative estimate of drug-likeness (QED) is 0.330. The van der Waals surface area contributed by atoms with E-state index in [1.807, 2.05) is 26.8 Å². The summed E-state index contributed by atoms with van der Waals surface area (Å²) in [6, 6.07) is 7.42. The minimum absolute atomic E-state index is 0.0287. The Hall–Kier alpha value is -3.22. The van der Waals surface area contributed by atoms with Crippen molar-refractivity contribution >= 4 is 17.4 Å². The Morgan fingerprint density at radius 2 is 1.67 bits per heavy atom. The lowest BCUT2D eigenvalue weighted by atomic mass is 9.96. The number of ether oxygens (including phenoxy) is 2. The van der Waals surface area contributed by atoms with E-state index in [-0.39, 0.29) is 22.8 Å². The molecule has 0 aromatic heterocycles. The predicted molar refractivity (Wildman–Crippen MR) is 99.5 cm³/mol. The van der Waals surface area contributed by atoms with E-state index in [4.69, 9.17) is 9.47 Å². The summed E-state index contributed by atoms with van der Waals surface area (Å²) in [6.07, 6.45) is -1.03. The fraction of sp³-hybridized carbons (Fsp3) is 0.300. The molecule has 0 saturated heterocycles. The molecule has 0 saturated carbocycles. The average Bonchev–Trinajstić information content (AvgIpc) is 2.63. The largest absolute Gasteiger partial charge is 0.490 e. The number of carbonyl (C=O) groups excluding carboxylic acids is 2. The Kier molecular flexibility index (Phi) is 5.95. The van der Waals surface area contributed by atoms with Crippen molar-refractivity contribution in [2.75, 3.05) is 7.11 Å². The molecule has 0 unspecified atom stereocenters. The molecule has 0 radical (unpaired) electrons. The number of nitro benzene ring substituents is 1. The van der Waals surface area contributed by atoms with Gasteiger partial charge in [0.15, 0.2) is 11.9 Å². The van der Waals surface area contributed by atoms with Crippen molar-refractivity contribution < 1.29 is 24.0 Å². The van der Waals surface area contributed by atoms with Crippen molar-refractivity contribution in [3.8, 4) is 5.75 Å². The molecule has 2 rings (SSSR count). The number of nitro groups is 1. The monoisotopic (exact) mass is 371 g/mol. The molecule has 7 nitrogen and oxygen atoms in total. The molecule has 27 heavy (non-hydrogen) atoms. The fourth-order valence-corrected chi connectivity index (χ4v) is 2.69. The number of Topliss-reactive ketones (excluding diaryl/α,β-unsaturated/α-hetero) is 1. The zero-order chi connectivity index (χ0) is 20.3. The highest BCUT2D eigenvalue weighted by atomic mass is 16.6. The standard InChI is InChI=1S/C20H21NO6/c1-11-8-13(3)16(9-12(11)2)19(22)14(4)27-20(23)15-6-7-18(26-5)17(10-15)21(24)25/h6-10,14H,1-5H3/t14-/m0/s1. The molecule has 0 spiro atoms. The van der Waals surface area contributed by atoms with Gasteiger partial charge in [-0.3, -0.25) is 14.9 Å². The number of hydrogen-bond acceptors (Lipinski definition) is 6. The highest BCUT2D eigenvalue weighted by molar-refractivity contribution is 6.02. The summed E-state index contributed by atoms with van der Waals surface area (Å²) in [6.45, 7) is 7.16. The first kappa shape index (κ1) is 20.1. The Morgan fingerprint density at radius 1 is 1.04 bits per heavy atom. The predicted octanol–water partition coefficient (Wildman–Crippen LogP) is 3.96. The lowest BCUT2D eigenvalue weighted by Crippen LogP contribution is -2.25. The molecule has 0 bridgehead atoms. The van der Waals surface area contributed by atoms with Gasteiger partial charge in [-0.2, -0.15) is 0 Å². The molecule has 2 aromatic rings. The summed E-state index contributed by atoms with van der Waals surface area (Å²) < 4.78 is 10.1. The van der Waals surface area contributed by atoms with Crippen molar-refractivity contribution in [1.29, 1.82) is 0 Å². The Morgan fingerprint density at radius 3 is 2.26 bits per heavy atom. The van der Waals surface area contributed by atoms with Crippen molar-refractivity contribution in [3.05, 3.63) is 68.3 Å². The van der Waals surface area contributed by atoms with E-state index in [9.17, 15) is 19.7 Å². The molecule has 0 fully saturated rings. The van der Waals surface area contributed by atoms with Crippen LogP contribution in [0.25, 0.3) is 0 Å². The zero-order valence-electron chi connectivity index (χ0n) is 15.9. The van der Waals surface area contributed by atoms with E-state index in [1.54, 1.807) is 6.07 Å². The van der Waals surface area contributed by atoms with Gasteiger partial charge in [-0.1, -0.05) is 6.07 Å². The van der Waals surface area contributed by atoms with Crippen LogP contribution < -0.4 is 4.74 Å². The van der Waals surface area contributed by atoms with Crippen LogP contribution in [0.15, 0.2) is 30.3 Å². The molecule has 7 heteroatoms. The zero-order valence-corrected chi connectivity index (χ0v) is 15.9. The second kappa shape index (κ2) is 7.99. The molecule has 0 aliphatic heterocycles. The third kappa shape index (κ3) is 4.31. The number of ketones is 1. The number of aryl methyl sites for hydroxylation is 3. The van der Waals surface area contributed by atoms with Crippen molar-refractivity contribution in [1.82, 2.24) is 0 Å². The van der Waals surface area contributed by atoms with Crippen LogP contribution in [0.4, 0.5) is 5.69 Å². The molecular weight excluding hydrogens is 350 g/mol. The maximum Gasteiger partial charge on any atom is 0.339 e. The van der Waals surface area contributed by atoms with Gasteiger partial charge in [0.25, 0.3) is 0 Å². The molecule has 0 N–H and O–H groups in total. The smallest absolute Gasteiger partial charge is 0.339 e. The summed E-state index contributed by atoms with van der Waals surface area (Å²) >= 11 is 0. The van der Waals surface area contributed by atoms with Crippen LogP contribution in [-0.4, -0.2) is 29.9 Å². The van der Waals surface area contributed by atoms with E-state index >= 15 is 0 Å². The second-order valence-electron chi connectivity index (χ2n) is 6.31. The third-order valence-electron chi connectivity index (χ3n) is 4.37. The van der Waals surface area contributed by atoms with Gasteiger partial charge in [0.1, 0.15) is 0 Å². The second-order valence-corrected chi connectivity index (χ2v) is 6.31. The van der Waals surface area contributed by atoms with Crippen molar-refractivity contribution in [3.63, 3.8) is 0 Å². The summed E-state index contributed by atoms with van der Waals surface area (Å²) in [4.78, 5) is 35.4. The summed E-state index contributed by atoms with van der Waals surface area (Å²) in [5.41, 5.74) is 2.94. The molecule has 0 heterocycles. The molecular formula is C20H21NO6. The SMILES string of the molecule is COc1ccc(C(=O)O[C@@H](C)C(=O)c2cc(C)c(C)cc2C)cc1[N+](=O)[O-]. The molecule has 0 aliphatic carbocycles. The van der Waals surface area contributed by atoms with Gasteiger partial charge in [-0.25, -0.2) is 4.79 Å². The number of nitrogens with zero attached hydrogens (tertiary/aromatic N) is 1. The van der Waals surface area contributed by atoms with Gasteiger partial charge in [-0.05, 0) is 62.6 Å². The van der Waals surface area contributed by atoms with Crippen molar-refractivity contribution in [2.45, 2.75) is 33.8 Å². The number of rotatable bonds is 6. The maximum atomic E-state index is 12.7. The fourth-order valence-electron chi connectivity index (χ4n) is 2.69. The van der Waals surface area contributed by atoms with E-state index in [1.165, 1.54) is 26.2 Å². The van der Waals surface area contributed by atoms with Gasteiger partial charge in [0, 0.05) is 11.6 Å². The molecule has 2 aromatic carbocycles. The lowest BCUT2D eigenvalue weighted by Gasteiger charge is -2.15. The normalized spacial score (nSPS) is 11.6. The van der Waals surface area contributed by atoms with Crippen LogP contribution in [0.2, 0.25) is 0 Å². The minimum Gasteiger partial charge on any atom is -0.490 e. The van der Waals surface area contributed by atoms with Gasteiger partial charge >= 0.3 is 11.7 Å². The molecule has 0 aliphatic rings. The summed E-state index contributed by atoms with van der Waals surface area (Å²) in [5, 5.41) is 11.1. The van der Waals surface area contributed by atoms with E-state index in [0.29, 0.717) is 5.56 Å². The van der Waals surface area contributed by atoms with Gasteiger partial charge in [0.05, 0.1) is 17.6 Å². The third-order valence-corrected chi connectivity index (χ3v) is 4.37. The van der Waals surface area contributed by atoms with Crippen LogP contribution in [0.1, 0.15) is 44.3 Å². The van der Waals surface area contributed by atoms with Crippen molar-refractivity contribution in [2.24, 2.45) is 0 Å². The Balaban J connectivity index is 2.23. The first-order valence-electron chi connectivity index (χ1n) is 8.31. The van der Waals surface area contributed by atoms with Gasteiger partial charge in [0.2, 0.25) is 5.78 Å². The Bertz CT molecular complexity index is 919. The number of hydrogen-bond donors (Lipinski definition) is 0. The first-order valence-corrected chi connectivity index (χ1v) is 8.31. The number of benzene rings is 2. The molecule has 0 amide bonds. The lowest BCUT2D eigenvalue weighted by molar-refractivity contribution is -0.385. The number of carbonyl (C=O) groups is 2. The first-order chi connectivity index (χ1) is 12.6. The van der Waals surface area contributed by atoms with E-state index in [2.05, 4.69) is 0 Å². The minimum atomic E-state index is -1.03. The topological polar surface area (TPSA) is 95.7 Å². The van der Waals surface area contributed by atoms with Crippen LogP contribution in [0.5, 0.6) is 5.75 Å². The van der Waals surface area contributed by atoms with Gasteiger partial charge in [-0.15, -0.1) is 0 Å². The average molecular weight is 371 g/mol. The van der Waals surface area contributed by atoms with Gasteiger partial charge < -0.3 is 9.47 Å². The highest BCUT2D eigenvalue weighted by Gasteiger charge is 2.24. The highest BCUT2D eigenvalue weighted by Crippen LogP contribution is 2.28. The number of esters is 1. The molecule has 1 atom stereocenters. The summed E-state index contributed by atoms with van der Waals surface area (Å²) in [5.74, 6) is -1.11. The van der Waals surface area contributed by atoms with Crippen LogP contribution >= 0.6 is 0 Å². The van der Waals surface area contributed by atoms with E-state index in [0.717, 1.165) is 22.8 Å². The summed E-state index contributed by atoms with van der Waals surface area (Å²) in [7, 11) is 1.30. The maximum absolute atomic E-state index is 12.7. The van der Waals surface area contributed by atoms with Crippen LogP contribution in [0.3, 0.4) is 0 Å². The van der Waals surface area contributed by atoms with E-state index < -0.39 is 17.0 Å². The van der Waals surface area contributed by atoms with Crippen LogP contribution in [0, 0.1) is 30.9 Å². The molecule has 142 valence electrons.